The zero-order valence-corrected chi connectivity index (χ0v) is 21.2. The third-order valence-corrected chi connectivity index (χ3v) is 6.98. The third kappa shape index (κ3) is 9.09. The van der Waals surface area contributed by atoms with Gasteiger partial charge < -0.3 is 8.97 Å². The van der Waals surface area contributed by atoms with E-state index in [-0.39, 0.29) is 11.1 Å². The molecule has 0 unspecified atom stereocenters. The second-order valence-corrected chi connectivity index (χ2v) is 11.2. The van der Waals surface area contributed by atoms with E-state index in [1.807, 2.05) is 0 Å². The maximum Gasteiger partial charge on any atom is 0.0973 e. The zero-order valence-electron chi connectivity index (χ0n) is 21.2. The van der Waals surface area contributed by atoms with Crippen LogP contribution in [-0.4, -0.2) is 61.3 Å². The summed E-state index contributed by atoms with van der Waals surface area (Å²) < 4.78 is 2.02. The monoisotopic (exact) mass is 392 g/mol. The van der Waals surface area contributed by atoms with Gasteiger partial charge in [0.15, 0.2) is 0 Å². The van der Waals surface area contributed by atoms with E-state index in [1.165, 1.54) is 6.42 Å². The molecule has 0 saturated heterocycles. The van der Waals surface area contributed by atoms with E-state index in [4.69, 9.17) is 0 Å². The van der Waals surface area contributed by atoms with Gasteiger partial charge in [0.1, 0.15) is 0 Å². The molecule has 0 atom stereocenters. The van der Waals surface area contributed by atoms with Crippen LogP contribution in [0.5, 0.6) is 0 Å². The number of hydrogen-bond acceptors (Lipinski definition) is 0. The molecule has 0 fully saturated rings. The van der Waals surface area contributed by atoms with Crippen molar-refractivity contribution in [1.29, 1.82) is 0 Å². The molecule has 0 saturated carbocycles. The molecule has 2 heteroatoms. The molecule has 0 bridgehead atoms. The van der Waals surface area contributed by atoms with Crippen LogP contribution in [0.15, 0.2) is 36.5 Å². The van der Waals surface area contributed by atoms with Crippen LogP contribution >= 0.6 is 0 Å². The van der Waals surface area contributed by atoms with Crippen molar-refractivity contribution in [3.8, 4) is 0 Å². The molecule has 0 aromatic rings. The maximum absolute atomic E-state index is 2.41. The van der Waals surface area contributed by atoms with Gasteiger partial charge in [0, 0.05) is 12.8 Å². The number of likely N-dealkylation sites (N-methyl/N-ethyl adjacent to an activating group) is 2. The molecule has 0 radical (unpaired) electrons. The van der Waals surface area contributed by atoms with Crippen LogP contribution in [0, 0.1) is 5.92 Å². The summed E-state index contributed by atoms with van der Waals surface area (Å²) in [6.07, 6.45) is 18.7. The van der Waals surface area contributed by atoms with Crippen LogP contribution in [0.2, 0.25) is 0 Å². The zero-order chi connectivity index (χ0) is 22.1. The molecule has 0 aromatic carbocycles. The minimum absolute atomic E-state index is 0.223. The van der Waals surface area contributed by atoms with Gasteiger partial charge in [-0.2, -0.15) is 0 Å². The number of rotatable bonds is 13. The number of nitrogens with zero attached hydrogens (tertiary/aromatic N) is 2. The molecule has 0 aliphatic heterocycles. The van der Waals surface area contributed by atoms with Crippen molar-refractivity contribution in [1.82, 2.24) is 0 Å². The molecule has 0 heterocycles. The third-order valence-electron chi connectivity index (χ3n) is 6.98. The molecular weight excluding hydrogens is 340 g/mol. The average Bonchev–Trinajstić information content (AvgIpc) is 2.55. The van der Waals surface area contributed by atoms with Crippen molar-refractivity contribution < 1.29 is 8.97 Å². The highest BCUT2D eigenvalue weighted by molar-refractivity contribution is 4.92. The van der Waals surface area contributed by atoms with Gasteiger partial charge in [-0.05, 0) is 58.6 Å². The SMILES string of the molecule is CCC=CC[N+](C)(C)C(C)(C)CC=CC[N+](C)(C)C(C)(C)CC=CCC(C)C. The van der Waals surface area contributed by atoms with Crippen LogP contribution in [-0.2, 0) is 0 Å². The molecule has 0 N–H and O–H groups in total. The second kappa shape index (κ2) is 11.4. The van der Waals surface area contributed by atoms with E-state index in [0.717, 1.165) is 47.2 Å². The van der Waals surface area contributed by atoms with Crippen LogP contribution in [0.3, 0.4) is 0 Å². The van der Waals surface area contributed by atoms with Gasteiger partial charge in [-0.15, -0.1) is 0 Å². The van der Waals surface area contributed by atoms with Crippen LogP contribution in [0.4, 0.5) is 0 Å². The highest BCUT2D eigenvalue weighted by Crippen LogP contribution is 2.27. The highest BCUT2D eigenvalue weighted by Gasteiger charge is 2.36. The topological polar surface area (TPSA) is 0 Å². The lowest BCUT2D eigenvalue weighted by Crippen LogP contribution is -2.56. The molecule has 0 amide bonds. The molecule has 0 aliphatic carbocycles. The van der Waals surface area contributed by atoms with Crippen molar-refractivity contribution in [2.24, 2.45) is 5.92 Å². The van der Waals surface area contributed by atoms with E-state index in [1.54, 1.807) is 0 Å². The first-order chi connectivity index (χ1) is 12.7. The Labute approximate surface area is 178 Å². The van der Waals surface area contributed by atoms with Crippen LogP contribution < -0.4 is 0 Å². The second-order valence-electron chi connectivity index (χ2n) is 11.2. The molecule has 164 valence electrons. The summed E-state index contributed by atoms with van der Waals surface area (Å²) in [6.45, 7) is 18.5. The Morgan fingerprint density at radius 3 is 1.43 bits per heavy atom. The first-order valence-electron chi connectivity index (χ1n) is 11.3. The van der Waals surface area contributed by atoms with Crippen molar-refractivity contribution in [2.75, 3.05) is 41.3 Å². The quantitative estimate of drug-likeness (QED) is 0.245. The molecule has 0 aromatic heterocycles. The Morgan fingerprint density at radius 2 is 1.04 bits per heavy atom. The molecule has 0 spiro atoms. The Balaban J connectivity index is 4.80. The summed E-state index contributed by atoms with van der Waals surface area (Å²) in [5.74, 6) is 0.744. The predicted molar refractivity (Wildman–Crippen MR) is 129 cm³/mol. The molecule has 0 rings (SSSR count). The normalized spacial score (nSPS) is 15.0. The molecule has 0 aliphatic rings. The van der Waals surface area contributed by atoms with Gasteiger partial charge in [-0.1, -0.05) is 45.1 Å². The smallest absolute Gasteiger partial charge is 0.0973 e. The van der Waals surface area contributed by atoms with E-state index in [9.17, 15) is 0 Å². The fourth-order valence-electron chi connectivity index (χ4n) is 2.94. The van der Waals surface area contributed by atoms with Gasteiger partial charge in [0.05, 0.1) is 52.4 Å². The molecule has 28 heavy (non-hydrogen) atoms. The number of hydrogen-bond donors (Lipinski definition) is 0. The predicted octanol–water partition coefficient (Wildman–Crippen LogP) is 6.60. The van der Waals surface area contributed by atoms with Gasteiger partial charge in [-0.25, -0.2) is 0 Å². The maximum atomic E-state index is 2.41. The fraction of sp³-hybridized carbons (Fsp3) is 0.769. The van der Waals surface area contributed by atoms with Crippen LogP contribution in [0.1, 0.15) is 74.1 Å². The molecule has 2 nitrogen and oxygen atoms in total. The first kappa shape index (κ1) is 27.1. The summed E-state index contributed by atoms with van der Waals surface area (Å²) >= 11 is 0. The van der Waals surface area contributed by atoms with Crippen LogP contribution in [0.25, 0.3) is 0 Å². The summed E-state index contributed by atoms with van der Waals surface area (Å²) in [6, 6.07) is 0. The summed E-state index contributed by atoms with van der Waals surface area (Å²) in [5.41, 5.74) is 0.453. The number of quaternary nitrogens is 2. The minimum Gasteiger partial charge on any atom is -0.321 e. The standard InChI is InChI=1S/C26H52N2/c1-12-13-17-22-27(8,9)26(6,7)21-16-18-23-28(10,11)25(4,5)20-15-14-19-24(2)3/h13-18,24H,12,19-23H2,1-11H3/q+2. The Bertz CT molecular complexity index is 517. The summed E-state index contributed by atoms with van der Waals surface area (Å²) in [7, 11) is 9.42. The largest absolute Gasteiger partial charge is 0.321 e. The van der Waals surface area contributed by atoms with Crippen molar-refractivity contribution in [3.05, 3.63) is 36.5 Å². The number of allylic oxidation sites excluding steroid dienone is 2. The lowest BCUT2D eigenvalue weighted by molar-refractivity contribution is -0.933. The molecular formula is C26H52N2+2. The van der Waals surface area contributed by atoms with Gasteiger partial charge in [0.25, 0.3) is 0 Å². The Morgan fingerprint density at radius 1 is 0.643 bits per heavy atom. The lowest BCUT2D eigenvalue weighted by Gasteiger charge is -2.44. The van der Waals surface area contributed by atoms with E-state index < -0.39 is 0 Å². The van der Waals surface area contributed by atoms with Gasteiger partial charge >= 0.3 is 0 Å². The van der Waals surface area contributed by atoms with E-state index >= 15 is 0 Å². The van der Waals surface area contributed by atoms with Crippen molar-refractivity contribution in [3.63, 3.8) is 0 Å². The van der Waals surface area contributed by atoms with E-state index in [0.29, 0.717) is 0 Å². The van der Waals surface area contributed by atoms with Crippen molar-refractivity contribution >= 4 is 0 Å². The van der Waals surface area contributed by atoms with Gasteiger partial charge in [-0.3, -0.25) is 0 Å². The lowest BCUT2D eigenvalue weighted by atomic mass is 9.94. The minimum atomic E-state index is 0.223. The van der Waals surface area contributed by atoms with Crippen molar-refractivity contribution in [2.45, 2.75) is 85.2 Å². The summed E-state index contributed by atoms with van der Waals surface area (Å²) in [5, 5.41) is 0. The highest BCUT2D eigenvalue weighted by atomic mass is 15.4. The Kier molecular flexibility index (Phi) is 11.0. The Hall–Kier alpha value is -0.860. The van der Waals surface area contributed by atoms with Gasteiger partial charge in [0.2, 0.25) is 0 Å². The summed E-state index contributed by atoms with van der Waals surface area (Å²) in [4.78, 5) is 0. The average molecular weight is 393 g/mol. The first-order valence-corrected chi connectivity index (χ1v) is 11.3. The fourth-order valence-corrected chi connectivity index (χ4v) is 2.94. The van der Waals surface area contributed by atoms with E-state index in [2.05, 4.69) is 113 Å².